The van der Waals surface area contributed by atoms with E-state index in [1.807, 2.05) is 39.0 Å². The molecule has 0 radical (unpaired) electrons. The number of aryl methyl sites for hydroxylation is 3. The van der Waals surface area contributed by atoms with E-state index >= 15 is 0 Å². The molecule has 4 rings (SSSR count). The van der Waals surface area contributed by atoms with E-state index in [1.54, 1.807) is 36.4 Å². The number of phenols is 3. The number of aromatic hydroxyl groups is 3. The molecule has 0 bridgehead atoms. The van der Waals surface area contributed by atoms with Crippen molar-refractivity contribution in [1.82, 2.24) is 0 Å². The fraction of sp³-hybridized carbons (Fsp3) is 0.111. The Balaban J connectivity index is 1.98. The molecule has 0 saturated heterocycles. The van der Waals surface area contributed by atoms with Gasteiger partial charge in [-0.05, 0) is 125 Å². The van der Waals surface area contributed by atoms with Gasteiger partial charge < -0.3 is 15.3 Å². The summed E-state index contributed by atoms with van der Waals surface area (Å²) in [6.45, 7) is 5.96. The molecule has 4 aromatic rings. The Kier molecular flexibility index (Phi) is 4.96. The van der Waals surface area contributed by atoms with Gasteiger partial charge in [-0.3, -0.25) is 0 Å². The van der Waals surface area contributed by atoms with Gasteiger partial charge in [0.05, 0.1) is 0 Å². The van der Waals surface area contributed by atoms with Crippen LogP contribution in [0.5, 0.6) is 17.2 Å². The molecule has 0 aliphatic carbocycles. The Hall–Kier alpha value is -3.72. The zero-order chi connectivity index (χ0) is 21.4. The van der Waals surface area contributed by atoms with Crippen LogP contribution in [0.1, 0.15) is 16.7 Å². The lowest BCUT2D eigenvalue weighted by molar-refractivity contribution is 0.474. The highest BCUT2D eigenvalue weighted by atomic mass is 16.3. The molecule has 0 saturated carbocycles. The smallest absolute Gasteiger partial charge is 0.115 e. The zero-order valence-electron chi connectivity index (χ0n) is 17.3. The monoisotopic (exact) mass is 396 g/mol. The predicted molar refractivity (Wildman–Crippen MR) is 122 cm³/mol. The molecule has 3 nitrogen and oxygen atoms in total. The van der Waals surface area contributed by atoms with E-state index in [1.165, 1.54) is 0 Å². The second-order valence-corrected chi connectivity index (χ2v) is 7.80. The topological polar surface area (TPSA) is 60.7 Å². The third-order valence-electron chi connectivity index (χ3n) is 5.50. The zero-order valence-corrected chi connectivity index (χ0v) is 17.3. The van der Waals surface area contributed by atoms with E-state index in [-0.39, 0.29) is 17.2 Å². The molecule has 3 N–H and O–H groups in total. The first-order valence-corrected chi connectivity index (χ1v) is 9.87. The van der Waals surface area contributed by atoms with Crippen LogP contribution in [0.4, 0.5) is 0 Å². The fourth-order valence-corrected chi connectivity index (χ4v) is 4.01. The molecule has 0 atom stereocenters. The summed E-state index contributed by atoms with van der Waals surface area (Å²) < 4.78 is 0. The number of phenolic OH excluding ortho intramolecular Hbond substituents is 3. The number of hydrogen-bond donors (Lipinski definition) is 3. The highest BCUT2D eigenvalue weighted by Crippen LogP contribution is 2.37. The average molecular weight is 396 g/mol. The molecule has 3 heteroatoms. The second-order valence-electron chi connectivity index (χ2n) is 7.80. The van der Waals surface area contributed by atoms with Crippen molar-refractivity contribution in [2.45, 2.75) is 20.8 Å². The molecule has 150 valence electrons. The average Bonchev–Trinajstić information content (AvgIpc) is 2.67. The maximum Gasteiger partial charge on any atom is 0.115 e. The Bertz CT molecular complexity index is 1090. The Morgan fingerprint density at radius 3 is 0.900 bits per heavy atom. The van der Waals surface area contributed by atoms with Gasteiger partial charge in [0, 0.05) is 0 Å². The summed E-state index contributed by atoms with van der Waals surface area (Å²) >= 11 is 0. The minimum Gasteiger partial charge on any atom is -0.508 e. The third kappa shape index (κ3) is 3.74. The van der Waals surface area contributed by atoms with Gasteiger partial charge in [0.15, 0.2) is 0 Å². The second kappa shape index (κ2) is 7.60. The molecule has 0 amide bonds. The maximum atomic E-state index is 9.83. The number of rotatable bonds is 3. The summed E-state index contributed by atoms with van der Waals surface area (Å²) in [7, 11) is 0. The summed E-state index contributed by atoms with van der Waals surface area (Å²) in [5.41, 5.74) is 9.23. The summed E-state index contributed by atoms with van der Waals surface area (Å²) in [6.07, 6.45) is 0. The van der Waals surface area contributed by atoms with Crippen LogP contribution in [0.25, 0.3) is 33.4 Å². The summed E-state index contributed by atoms with van der Waals surface area (Å²) in [4.78, 5) is 0. The van der Waals surface area contributed by atoms with Crippen LogP contribution in [-0.2, 0) is 0 Å². The highest BCUT2D eigenvalue weighted by Gasteiger charge is 2.12. The van der Waals surface area contributed by atoms with Crippen LogP contribution in [0.2, 0.25) is 0 Å². The first-order valence-electron chi connectivity index (χ1n) is 9.87. The number of benzene rings is 4. The van der Waals surface area contributed by atoms with Gasteiger partial charge >= 0.3 is 0 Å². The lowest BCUT2D eigenvalue weighted by Gasteiger charge is -2.15. The summed E-state index contributed by atoms with van der Waals surface area (Å²) in [5, 5.41) is 29.5. The summed E-state index contributed by atoms with van der Waals surface area (Å²) in [6, 6.07) is 22.6. The molecule has 30 heavy (non-hydrogen) atoms. The van der Waals surface area contributed by atoms with Crippen LogP contribution in [0, 0.1) is 20.8 Å². The Morgan fingerprint density at radius 1 is 0.400 bits per heavy atom. The highest BCUT2D eigenvalue weighted by molar-refractivity contribution is 5.84. The van der Waals surface area contributed by atoms with Crippen LogP contribution in [0.15, 0.2) is 72.8 Å². The van der Waals surface area contributed by atoms with Gasteiger partial charge in [0.2, 0.25) is 0 Å². The van der Waals surface area contributed by atoms with Gasteiger partial charge in [-0.2, -0.15) is 0 Å². The van der Waals surface area contributed by atoms with Crippen molar-refractivity contribution in [2.75, 3.05) is 0 Å². The van der Waals surface area contributed by atoms with Crippen molar-refractivity contribution in [3.63, 3.8) is 0 Å². The van der Waals surface area contributed by atoms with Crippen molar-refractivity contribution in [3.05, 3.63) is 89.5 Å². The van der Waals surface area contributed by atoms with Crippen molar-refractivity contribution in [3.8, 4) is 50.6 Å². The quantitative estimate of drug-likeness (QED) is 0.360. The van der Waals surface area contributed by atoms with E-state index in [4.69, 9.17) is 0 Å². The minimum absolute atomic E-state index is 0.247. The van der Waals surface area contributed by atoms with Crippen LogP contribution >= 0.6 is 0 Å². The van der Waals surface area contributed by atoms with Crippen molar-refractivity contribution >= 4 is 0 Å². The first kappa shape index (κ1) is 19.6. The van der Waals surface area contributed by atoms with E-state index in [0.29, 0.717) is 0 Å². The Labute approximate surface area is 176 Å². The summed E-state index contributed by atoms with van der Waals surface area (Å²) in [5.74, 6) is 0.740. The minimum atomic E-state index is 0.247. The largest absolute Gasteiger partial charge is 0.508 e. The Morgan fingerprint density at radius 2 is 0.667 bits per heavy atom. The first-order chi connectivity index (χ1) is 14.3. The molecule has 0 heterocycles. The lowest BCUT2D eigenvalue weighted by Crippen LogP contribution is -1.91. The molecular formula is C27H24O3. The predicted octanol–water partition coefficient (Wildman–Crippen LogP) is 6.73. The van der Waals surface area contributed by atoms with Crippen LogP contribution < -0.4 is 0 Å². The van der Waals surface area contributed by atoms with E-state index in [2.05, 4.69) is 18.2 Å². The maximum absolute atomic E-state index is 9.83. The van der Waals surface area contributed by atoms with Crippen molar-refractivity contribution in [1.29, 1.82) is 0 Å². The van der Waals surface area contributed by atoms with Gasteiger partial charge in [-0.1, -0.05) is 18.2 Å². The van der Waals surface area contributed by atoms with E-state index < -0.39 is 0 Å². The molecule has 0 aromatic heterocycles. The molecule has 0 fully saturated rings. The van der Waals surface area contributed by atoms with Crippen molar-refractivity contribution < 1.29 is 15.3 Å². The van der Waals surface area contributed by atoms with Gasteiger partial charge in [0.1, 0.15) is 17.2 Å². The fourth-order valence-electron chi connectivity index (χ4n) is 4.01. The van der Waals surface area contributed by atoms with Crippen LogP contribution in [-0.4, -0.2) is 15.3 Å². The molecule has 4 aromatic carbocycles. The van der Waals surface area contributed by atoms with E-state index in [9.17, 15) is 15.3 Å². The van der Waals surface area contributed by atoms with Gasteiger partial charge in [0.25, 0.3) is 0 Å². The molecule has 0 aliphatic heterocycles. The molecular weight excluding hydrogens is 372 g/mol. The standard InChI is InChI=1S/C27H24O3/c1-16-10-22(28)4-7-25(16)19-13-20(26-8-5-23(29)11-17(26)2)15-21(14-19)27-9-6-24(30)12-18(27)3/h4-15,28-30H,1-3H3. The van der Waals surface area contributed by atoms with Gasteiger partial charge in [-0.25, -0.2) is 0 Å². The molecule has 0 spiro atoms. The normalized spacial score (nSPS) is 10.9. The molecule has 0 unspecified atom stereocenters. The molecule has 0 aliphatic rings. The van der Waals surface area contributed by atoms with Crippen LogP contribution in [0.3, 0.4) is 0 Å². The van der Waals surface area contributed by atoms with Gasteiger partial charge in [-0.15, -0.1) is 0 Å². The number of hydrogen-bond acceptors (Lipinski definition) is 3. The third-order valence-corrected chi connectivity index (χ3v) is 5.50. The lowest BCUT2D eigenvalue weighted by atomic mass is 9.89. The SMILES string of the molecule is Cc1cc(O)ccc1-c1cc(-c2ccc(O)cc2C)cc(-c2ccc(O)cc2C)c1. The van der Waals surface area contributed by atoms with Crippen molar-refractivity contribution in [2.24, 2.45) is 0 Å². The van der Waals surface area contributed by atoms with E-state index in [0.717, 1.165) is 50.1 Å².